The number of benzene rings is 4. The van der Waals surface area contributed by atoms with Gasteiger partial charge in [-0.3, -0.25) is 4.79 Å². The lowest BCUT2D eigenvalue weighted by molar-refractivity contribution is -0.126. The van der Waals surface area contributed by atoms with Crippen LogP contribution in [0, 0.1) is 5.41 Å². The van der Waals surface area contributed by atoms with Gasteiger partial charge in [0.25, 0.3) is 8.32 Å². The molecule has 0 heterocycles. The molecule has 0 radical (unpaired) electrons. The zero-order valence-corrected chi connectivity index (χ0v) is 34.0. The highest BCUT2D eigenvalue weighted by Crippen LogP contribution is 2.40. The van der Waals surface area contributed by atoms with E-state index >= 15 is 0 Å². The predicted molar refractivity (Wildman–Crippen MR) is 217 cm³/mol. The van der Waals surface area contributed by atoms with Crippen molar-refractivity contribution in [2.45, 2.75) is 98.1 Å². The Morgan fingerprint density at radius 2 is 1.06 bits per heavy atom. The summed E-state index contributed by atoms with van der Waals surface area (Å²) < 4.78 is 13.2. The van der Waals surface area contributed by atoms with E-state index in [4.69, 9.17) is 9.16 Å². The smallest absolute Gasteiger partial charge is 0.408 e. The van der Waals surface area contributed by atoms with Crippen molar-refractivity contribution < 1.29 is 18.8 Å². The van der Waals surface area contributed by atoms with Crippen LogP contribution < -0.4 is 31.6 Å². The van der Waals surface area contributed by atoms with Crippen LogP contribution in [-0.2, 0) is 14.0 Å². The molecule has 0 aliphatic carbocycles. The molecule has 4 aromatic carbocycles. The Balaban J connectivity index is 1.84. The predicted octanol–water partition coefficient (Wildman–Crippen LogP) is 7.51. The van der Waals surface area contributed by atoms with Crippen molar-refractivity contribution in [1.82, 2.24) is 10.6 Å². The Bertz CT molecular complexity index is 1610. The van der Waals surface area contributed by atoms with Crippen LogP contribution in [0.5, 0.6) is 0 Å². The Morgan fingerprint density at radius 3 is 1.43 bits per heavy atom. The van der Waals surface area contributed by atoms with Crippen molar-refractivity contribution in [3.63, 3.8) is 0 Å². The van der Waals surface area contributed by atoms with Crippen molar-refractivity contribution in [1.29, 1.82) is 0 Å². The average Bonchev–Trinajstić information content (AvgIpc) is 3.07. The number of hydrogen-bond acceptors (Lipinski definition) is 4. The number of nitrogens with one attached hydrogen (secondary N) is 2. The molecule has 0 saturated heterocycles. The molecule has 8 heteroatoms. The van der Waals surface area contributed by atoms with Gasteiger partial charge in [0, 0.05) is 0 Å². The fourth-order valence-electron chi connectivity index (χ4n) is 6.50. The van der Waals surface area contributed by atoms with Crippen LogP contribution >= 0.6 is 7.92 Å². The van der Waals surface area contributed by atoms with Crippen LogP contribution in [0.25, 0.3) is 0 Å². The summed E-state index contributed by atoms with van der Waals surface area (Å²) in [5.41, 5.74) is -1.30. The third-order valence-corrected chi connectivity index (χ3v) is 16.7. The van der Waals surface area contributed by atoms with E-state index in [1.165, 1.54) is 21.0 Å². The van der Waals surface area contributed by atoms with Gasteiger partial charge in [-0.25, -0.2) is 4.79 Å². The summed E-state index contributed by atoms with van der Waals surface area (Å²) in [6, 6.07) is 41.0. The molecule has 0 fully saturated rings. The van der Waals surface area contributed by atoms with E-state index in [1.54, 1.807) is 0 Å². The summed E-state index contributed by atoms with van der Waals surface area (Å²) in [4.78, 5) is 27.6. The number of ether oxygens (including phenoxy) is 1. The van der Waals surface area contributed by atoms with Gasteiger partial charge >= 0.3 is 6.09 Å². The van der Waals surface area contributed by atoms with Crippen molar-refractivity contribution in [2.24, 2.45) is 5.41 Å². The van der Waals surface area contributed by atoms with E-state index in [0.29, 0.717) is 6.16 Å². The molecule has 0 spiro atoms. The van der Waals surface area contributed by atoms with Gasteiger partial charge in [-0.1, -0.05) is 163 Å². The Morgan fingerprint density at radius 1 is 0.647 bits per heavy atom. The molecule has 272 valence electrons. The number of hydrogen-bond donors (Lipinski definition) is 2. The van der Waals surface area contributed by atoms with Crippen molar-refractivity contribution >= 4 is 49.2 Å². The number of amides is 2. The standard InChI is InChI=1S/C43H57N2O4PSi/c1-32(49-51(43(8,9)10,35-27-19-13-20-28-35)36-29-21-14-22-30-36)37(31-50(33-23-15-11-16-24-33)34-25-17-12-18-26-34)44-39(46)38(41(2,3)4)45-40(47)48-42(5,6)7/h11-30,32,37-38H,31H2,1-10H3,(H,44,46)(H,45,47)/t32-,37-,38-/m1/s1. The fourth-order valence-corrected chi connectivity index (χ4v) is 13.8. The second-order valence-corrected chi connectivity index (χ2v) is 22.8. The molecule has 0 aliphatic heterocycles. The number of carbonyl (C=O) groups excluding carboxylic acids is 2. The fraction of sp³-hybridized carbons (Fsp3) is 0.395. The first-order valence-corrected chi connectivity index (χ1v) is 21.3. The highest BCUT2D eigenvalue weighted by Gasteiger charge is 2.52. The Labute approximate surface area is 308 Å². The maximum absolute atomic E-state index is 14.5. The van der Waals surface area contributed by atoms with Crippen LogP contribution in [0.2, 0.25) is 5.04 Å². The van der Waals surface area contributed by atoms with E-state index in [2.05, 4.69) is 135 Å². The highest BCUT2D eigenvalue weighted by atomic mass is 31.1. The van der Waals surface area contributed by atoms with E-state index in [0.717, 1.165) is 0 Å². The van der Waals surface area contributed by atoms with Crippen LogP contribution in [0.4, 0.5) is 4.79 Å². The van der Waals surface area contributed by atoms with E-state index in [9.17, 15) is 9.59 Å². The molecular weight excluding hydrogens is 668 g/mol. The summed E-state index contributed by atoms with van der Waals surface area (Å²) in [6.45, 7) is 20.2. The van der Waals surface area contributed by atoms with Gasteiger partial charge < -0.3 is 19.8 Å². The minimum absolute atomic E-state index is 0.256. The average molecular weight is 725 g/mol. The molecule has 0 aromatic heterocycles. The molecule has 2 amide bonds. The quantitative estimate of drug-likeness (QED) is 0.117. The zero-order valence-electron chi connectivity index (χ0n) is 32.1. The molecule has 4 rings (SSSR count). The first-order chi connectivity index (χ1) is 23.9. The molecular formula is C43H57N2O4PSi. The molecule has 4 aromatic rings. The molecule has 0 bridgehead atoms. The maximum atomic E-state index is 14.5. The molecule has 0 saturated carbocycles. The van der Waals surface area contributed by atoms with Crippen molar-refractivity contribution in [2.75, 3.05) is 6.16 Å². The minimum atomic E-state index is -2.99. The first kappa shape index (κ1) is 40.0. The number of rotatable bonds is 12. The summed E-state index contributed by atoms with van der Waals surface area (Å²) in [7, 11) is -3.89. The maximum Gasteiger partial charge on any atom is 0.408 e. The van der Waals surface area contributed by atoms with Crippen molar-refractivity contribution in [3.8, 4) is 0 Å². The van der Waals surface area contributed by atoms with Gasteiger partial charge in [0.05, 0.1) is 12.1 Å². The van der Waals surface area contributed by atoms with Gasteiger partial charge in [0.1, 0.15) is 11.6 Å². The normalized spacial score (nSPS) is 14.3. The largest absolute Gasteiger partial charge is 0.444 e. The van der Waals surface area contributed by atoms with E-state index in [-0.39, 0.29) is 10.9 Å². The third kappa shape index (κ3) is 10.4. The summed E-state index contributed by atoms with van der Waals surface area (Å²) in [5, 5.41) is 10.9. The summed E-state index contributed by atoms with van der Waals surface area (Å²) in [5.74, 6) is -0.271. The highest BCUT2D eigenvalue weighted by molar-refractivity contribution is 7.73. The topological polar surface area (TPSA) is 76.7 Å². The third-order valence-electron chi connectivity index (χ3n) is 8.98. The number of alkyl carbamates (subject to hydrolysis) is 1. The Hall–Kier alpha value is -3.77. The molecule has 0 aliphatic rings. The zero-order chi connectivity index (χ0) is 37.5. The van der Waals surface area contributed by atoms with Crippen LogP contribution in [0.1, 0.15) is 69.2 Å². The lowest BCUT2D eigenvalue weighted by Gasteiger charge is -2.46. The summed E-state index contributed by atoms with van der Waals surface area (Å²) >= 11 is 0. The van der Waals surface area contributed by atoms with Gasteiger partial charge in [-0.15, -0.1) is 0 Å². The second kappa shape index (κ2) is 16.7. The second-order valence-electron chi connectivity index (χ2n) is 16.3. The monoisotopic (exact) mass is 724 g/mol. The molecule has 51 heavy (non-hydrogen) atoms. The SMILES string of the molecule is C[C@@H](O[Si](c1ccccc1)(c1ccccc1)C(C)(C)C)[C@@H](CP(c1ccccc1)c1ccccc1)NC(=O)[C@@H](NC(=O)OC(C)(C)C)C(C)(C)C. The van der Waals surface area contributed by atoms with E-state index in [1.807, 2.05) is 65.8 Å². The van der Waals surface area contributed by atoms with Crippen LogP contribution in [0.3, 0.4) is 0 Å². The summed E-state index contributed by atoms with van der Waals surface area (Å²) in [6.07, 6.45) is -0.390. The first-order valence-electron chi connectivity index (χ1n) is 17.9. The molecule has 0 unspecified atom stereocenters. The molecule has 2 N–H and O–H groups in total. The molecule has 3 atom stereocenters. The minimum Gasteiger partial charge on any atom is -0.444 e. The number of carbonyl (C=O) groups is 2. The lowest BCUT2D eigenvalue weighted by atomic mass is 9.86. The van der Waals surface area contributed by atoms with Gasteiger partial charge in [-0.05, 0) is 73.2 Å². The van der Waals surface area contributed by atoms with Gasteiger partial charge in [0.2, 0.25) is 5.91 Å². The molecule has 6 nitrogen and oxygen atoms in total. The Kier molecular flexibility index (Phi) is 13.1. The van der Waals surface area contributed by atoms with E-state index < -0.39 is 51.5 Å². The van der Waals surface area contributed by atoms with Crippen LogP contribution in [0.15, 0.2) is 121 Å². The lowest BCUT2D eigenvalue weighted by Crippen LogP contribution is -2.69. The van der Waals surface area contributed by atoms with Crippen molar-refractivity contribution in [3.05, 3.63) is 121 Å². The van der Waals surface area contributed by atoms with Crippen LogP contribution in [-0.4, -0.2) is 50.3 Å². The van der Waals surface area contributed by atoms with Gasteiger partial charge in [0.15, 0.2) is 0 Å². The van der Waals surface area contributed by atoms with Gasteiger partial charge in [-0.2, -0.15) is 0 Å².